The molecule has 1 aliphatic rings. The van der Waals surface area contributed by atoms with E-state index in [1.807, 2.05) is 12.1 Å². The Hall–Kier alpha value is -2.34. The molecule has 0 radical (unpaired) electrons. The monoisotopic (exact) mass is 318 g/mol. The van der Waals surface area contributed by atoms with E-state index in [0.29, 0.717) is 13.1 Å². The first-order chi connectivity index (χ1) is 11.1. The number of quaternary nitrogens is 1. The molecular formula is C17H18F2N3O+. The van der Waals surface area contributed by atoms with Crippen LogP contribution in [-0.2, 0) is 6.54 Å². The summed E-state index contributed by atoms with van der Waals surface area (Å²) < 4.78 is 26.5. The van der Waals surface area contributed by atoms with Crippen LogP contribution in [-0.4, -0.2) is 42.0 Å². The van der Waals surface area contributed by atoms with Crippen molar-refractivity contribution in [2.75, 3.05) is 26.2 Å². The third-order valence-corrected chi connectivity index (χ3v) is 4.07. The van der Waals surface area contributed by atoms with Gasteiger partial charge in [0.1, 0.15) is 18.2 Å². The van der Waals surface area contributed by atoms with Gasteiger partial charge in [-0.25, -0.2) is 8.78 Å². The molecule has 1 N–H and O–H groups in total. The molecule has 1 amide bonds. The van der Waals surface area contributed by atoms with Crippen LogP contribution < -0.4 is 4.90 Å². The van der Waals surface area contributed by atoms with E-state index in [0.717, 1.165) is 37.8 Å². The lowest BCUT2D eigenvalue weighted by Gasteiger charge is -2.32. The third kappa shape index (κ3) is 3.90. The number of piperazine rings is 1. The van der Waals surface area contributed by atoms with Crippen LogP contribution in [0.3, 0.4) is 0 Å². The number of hydrogen-bond acceptors (Lipinski definition) is 2. The average molecular weight is 318 g/mol. The van der Waals surface area contributed by atoms with Gasteiger partial charge >= 0.3 is 0 Å². The number of benzene rings is 1. The molecule has 1 aromatic carbocycles. The standard InChI is InChI=1S/C17H17F2N3O/c18-15-9-14(10-16(19)11-15)17(23)22-7-5-21(6-8-22)12-13-1-3-20-4-2-13/h1-4,9-11H,5-8,12H2/p+1. The van der Waals surface area contributed by atoms with Crippen LogP contribution in [0.25, 0.3) is 0 Å². The zero-order valence-electron chi connectivity index (χ0n) is 12.6. The van der Waals surface area contributed by atoms with Crippen molar-refractivity contribution in [2.24, 2.45) is 0 Å². The minimum atomic E-state index is -0.727. The minimum Gasteiger partial charge on any atom is -0.328 e. The smallest absolute Gasteiger partial charge is 0.254 e. The topological polar surface area (TPSA) is 37.6 Å². The van der Waals surface area contributed by atoms with Crippen molar-refractivity contribution >= 4 is 5.91 Å². The number of amides is 1. The van der Waals surface area contributed by atoms with E-state index in [9.17, 15) is 13.6 Å². The van der Waals surface area contributed by atoms with Crippen LogP contribution in [0, 0.1) is 11.6 Å². The lowest BCUT2D eigenvalue weighted by molar-refractivity contribution is -0.917. The molecule has 0 unspecified atom stereocenters. The van der Waals surface area contributed by atoms with Crippen molar-refractivity contribution in [3.8, 4) is 0 Å². The number of halogens is 2. The first kappa shape index (κ1) is 15.6. The summed E-state index contributed by atoms with van der Waals surface area (Å²) in [4.78, 5) is 19.4. The minimum absolute atomic E-state index is 0.0695. The van der Waals surface area contributed by atoms with E-state index < -0.39 is 11.6 Å². The van der Waals surface area contributed by atoms with Crippen LogP contribution in [0.1, 0.15) is 15.9 Å². The summed E-state index contributed by atoms with van der Waals surface area (Å²) in [5.74, 6) is -1.77. The molecule has 0 aliphatic carbocycles. The highest BCUT2D eigenvalue weighted by Gasteiger charge is 2.25. The number of nitrogens with zero attached hydrogens (tertiary/aromatic N) is 2. The Morgan fingerprint density at radius 2 is 1.70 bits per heavy atom. The molecule has 0 bridgehead atoms. The maximum Gasteiger partial charge on any atom is 0.254 e. The number of rotatable bonds is 3. The second-order valence-corrected chi connectivity index (χ2v) is 5.73. The molecule has 1 fully saturated rings. The van der Waals surface area contributed by atoms with Gasteiger partial charge in [-0.2, -0.15) is 0 Å². The van der Waals surface area contributed by atoms with Gasteiger partial charge in [0, 0.05) is 29.6 Å². The third-order valence-electron chi connectivity index (χ3n) is 4.07. The second-order valence-electron chi connectivity index (χ2n) is 5.73. The quantitative estimate of drug-likeness (QED) is 0.913. The highest BCUT2D eigenvalue weighted by atomic mass is 19.1. The van der Waals surface area contributed by atoms with Crippen molar-refractivity contribution < 1.29 is 18.5 Å². The summed E-state index contributed by atoms with van der Waals surface area (Å²) in [7, 11) is 0. The Bertz CT molecular complexity index is 665. The lowest BCUT2D eigenvalue weighted by atomic mass is 10.1. The fourth-order valence-corrected chi connectivity index (χ4v) is 2.85. The highest BCUT2D eigenvalue weighted by molar-refractivity contribution is 5.94. The molecule has 2 aromatic rings. The van der Waals surface area contributed by atoms with Crippen molar-refractivity contribution in [2.45, 2.75) is 6.54 Å². The molecule has 120 valence electrons. The average Bonchev–Trinajstić information content (AvgIpc) is 2.55. The Morgan fingerprint density at radius 3 is 2.30 bits per heavy atom. The Morgan fingerprint density at radius 1 is 1.09 bits per heavy atom. The van der Waals surface area contributed by atoms with Crippen LogP contribution in [0.4, 0.5) is 8.78 Å². The highest BCUT2D eigenvalue weighted by Crippen LogP contribution is 2.11. The fourth-order valence-electron chi connectivity index (χ4n) is 2.85. The summed E-state index contributed by atoms with van der Waals surface area (Å²) >= 11 is 0. The molecule has 6 heteroatoms. The van der Waals surface area contributed by atoms with E-state index in [2.05, 4.69) is 4.98 Å². The first-order valence-corrected chi connectivity index (χ1v) is 7.59. The van der Waals surface area contributed by atoms with Gasteiger partial charge in [-0.3, -0.25) is 9.78 Å². The number of carbonyl (C=O) groups excluding carboxylic acids is 1. The number of nitrogens with one attached hydrogen (secondary N) is 1. The maximum absolute atomic E-state index is 13.2. The molecule has 0 saturated carbocycles. The van der Waals surface area contributed by atoms with Gasteiger partial charge in [-0.05, 0) is 24.3 Å². The molecule has 1 aromatic heterocycles. The van der Waals surface area contributed by atoms with E-state index in [1.165, 1.54) is 10.5 Å². The Balaban J connectivity index is 1.59. The number of carbonyl (C=O) groups is 1. The van der Waals surface area contributed by atoms with Gasteiger partial charge in [0.2, 0.25) is 0 Å². The molecule has 2 heterocycles. The molecule has 4 nitrogen and oxygen atoms in total. The fraction of sp³-hybridized carbons (Fsp3) is 0.294. The van der Waals surface area contributed by atoms with E-state index in [-0.39, 0.29) is 11.5 Å². The van der Waals surface area contributed by atoms with Crippen LogP contribution >= 0.6 is 0 Å². The predicted octanol–water partition coefficient (Wildman–Crippen LogP) is 0.901. The van der Waals surface area contributed by atoms with Crippen LogP contribution in [0.15, 0.2) is 42.7 Å². The molecule has 0 spiro atoms. The maximum atomic E-state index is 13.2. The molecular weight excluding hydrogens is 300 g/mol. The van der Waals surface area contributed by atoms with Gasteiger partial charge in [0.15, 0.2) is 0 Å². The van der Waals surface area contributed by atoms with Crippen LogP contribution in [0.2, 0.25) is 0 Å². The molecule has 1 aliphatic heterocycles. The summed E-state index contributed by atoms with van der Waals surface area (Å²) in [5.41, 5.74) is 1.28. The number of pyridine rings is 1. The molecule has 0 atom stereocenters. The first-order valence-electron chi connectivity index (χ1n) is 7.59. The van der Waals surface area contributed by atoms with Crippen molar-refractivity contribution in [3.63, 3.8) is 0 Å². The zero-order chi connectivity index (χ0) is 16.2. The van der Waals surface area contributed by atoms with Crippen molar-refractivity contribution in [1.82, 2.24) is 9.88 Å². The predicted molar refractivity (Wildman–Crippen MR) is 80.9 cm³/mol. The molecule has 1 saturated heterocycles. The van der Waals surface area contributed by atoms with E-state index in [4.69, 9.17) is 0 Å². The Labute approximate surface area is 133 Å². The van der Waals surface area contributed by atoms with E-state index >= 15 is 0 Å². The zero-order valence-corrected chi connectivity index (χ0v) is 12.6. The van der Waals surface area contributed by atoms with Crippen LogP contribution in [0.5, 0.6) is 0 Å². The largest absolute Gasteiger partial charge is 0.328 e. The van der Waals surface area contributed by atoms with Crippen molar-refractivity contribution in [1.29, 1.82) is 0 Å². The number of hydrogen-bond donors (Lipinski definition) is 1. The van der Waals surface area contributed by atoms with Gasteiger partial charge in [0.25, 0.3) is 5.91 Å². The second kappa shape index (κ2) is 6.83. The summed E-state index contributed by atoms with van der Waals surface area (Å²) in [6.07, 6.45) is 3.54. The van der Waals surface area contributed by atoms with Gasteiger partial charge in [-0.1, -0.05) is 0 Å². The Kier molecular flexibility index (Phi) is 4.62. The van der Waals surface area contributed by atoms with Gasteiger partial charge in [0.05, 0.1) is 26.2 Å². The van der Waals surface area contributed by atoms with Gasteiger partial charge in [-0.15, -0.1) is 0 Å². The van der Waals surface area contributed by atoms with E-state index in [1.54, 1.807) is 17.3 Å². The van der Waals surface area contributed by atoms with Gasteiger partial charge < -0.3 is 9.80 Å². The molecule has 3 rings (SSSR count). The summed E-state index contributed by atoms with van der Waals surface area (Å²) in [6, 6.07) is 6.91. The molecule has 23 heavy (non-hydrogen) atoms. The normalized spacial score (nSPS) is 15.7. The number of aromatic nitrogens is 1. The summed E-state index contributed by atoms with van der Waals surface area (Å²) in [6.45, 7) is 3.67. The SMILES string of the molecule is O=C(c1cc(F)cc(F)c1)N1CC[NH+](Cc2ccncc2)CC1. The summed E-state index contributed by atoms with van der Waals surface area (Å²) in [5, 5.41) is 0. The lowest BCUT2D eigenvalue weighted by Crippen LogP contribution is -3.13. The van der Waals surface area contributed by atoms with Crippen molar-refractivity contribution in [3.05, 3.63) is 65.5 Å².